The molecule has 27 heavy (non-hydrogen) atoms. The summed E-state index contributed by atoms with van der Waals surface area (Å²) in [4.78, 5) is 11.6. The molecule has 0 saturated carbocycles. The van der Waals surface area contributed by atoms with Crippen LogP contribution in [-0.4, -0.2) is 66.3 Å². The van der Waals surface area contributed by atoms with E-state index in [1.807, 2.05) is 25.2 Å². The third-order valence-corrected chi connectivity index (χ3v) is 5.28. The Labute approximate surface area is 161 Å². The van der Waals surface area contributed by atoms with Crippen molar-refractivity contribution in [3.8, 4) is 0 Å². The van der Waals surface area contributed by atoms with Gasteiger partial charge in [-0.2, -0.15) is 0 Å². The third-order valence-electron chi connectivity index (χ3n) is 5.28. The summed E-state index contributed by atoms with van der Waals surface area (Å²) in [6, 6.07) is 8.66. The maximum Gasteiger partial charge on any atom is 0.191 e. The van der Waals surface area contributed by atoms with Crippen LogP contribution in [0.3, 0.4) is 0 Å². The lowest BCUT2D eigenvalue weighted by Gasteiger charge is -2.37. The van der Waals surface area contributed by atoms with E-state index in [2.05, 4.69) is 52.1 Å². The van der Waals surface area contributed by atoms with Gasteiger partial charge < -0.3 is 19.9 Å². The predicted octanol–water partition coefficient (Wildman–Crippen LogP) is 1.60. The van der Waals surface area contributed by atoms with Crippen LogP contribution in [0.5, 0.6) is 0 Å². The van der Waals surface area contributed by atoms with Crippen molar-refractivity contribution in [1.29, 1.82) is 0 Å². The topological polar surface area (TPSA) is 66.7 Å². The molecule has 0 radical (unpaired) electrons. The number of imidazole rings is 1. The van der Waals surface area contributed by atoms with Gasteiger partial charge in [0.15, 0.2) is 5.96 Å². The van der Waals surface area contributed by atoms with Gasteiger partial charge in [-0.15, -0.1) is 0 Å². The van der Waals surface area contributed by atoms with Crippen molar-refractivity contribution in [2.24, 2.45) is 18.0 Å². The Hall–Kier alpha value is -2.12. The molecule has 0 bridgehead atoms. The van der Waals surface area contributed by atoms with E-state index in [1.165, 1.54) is 0 Å². The number of guanidine groups is 1. The van der Waals surface area contributed by atoms with Gasteiger partial charge in [-0.3, -0.25) is 9.89 Å². The average molecular weight is 373 g/mol. The monoisotopic (exact) mass is 372 g/mol. The molecule has 0 aliphatic carbocycles. The maximum absolute atomic E-state index is 5.49. The molecule has 1 aromatic heterocycles. The molecule has 7 nitrogen and oxygen atoms in total. The first-order chi connectivity index (χ1) is 13.1. The number of hydrogen-bond donors (Lipinski definition) is 2. The Kier molecular flexibility index (Phi) is 6.68. The van der Waals surface area contributed by atoms with Crippen LogP contribution >= 0.6 is 0 Å². The molecule has 1 aliphatic rings. The van der Waals surface area contributed by atoms with Crippen molar-refractivity contribution < 1.29 is 4.74 Å². The first-order valence-electron chi connectivity index (χ1n) is 9.76. The van der Waals surface area contributed by atoms with E-state index < -0.39 is 0 Å². The largest absolute Gasteiger partial charge is 0.379 e. The molecular weight excluding hydrogens is 340 g/mol. The fraction of sp³-hybridized carbons (Fsp3) is 0.600. The zero-order chi connectivity index (χ0) is 19.2. The van der Waals surface area contributed by atoms with Crippen molar-refractivity contribution in [2.75, 3.05) is 39.9 Å². The maximum atomic E-state index is 5.49. The number of morpholine rings is 1. The van der Waals surface area contributed by atoms with Gasteiger partial charge in [0.2, 0.25) is 0 Å². The Morgan fingerprint density at radius 3 is 2.63 bits per heavy atom. The fourth-order valence-electron chi connectivity index (χ4n) is 3.63. The van der Waals surface area contributed by atoms with Crippen LogP contribution < -0.4 is 10.6 Å². The Morgan fingerprint density at radius 1 is 1.22 bits per heavy atom. The second kappa shape index (κ2) is 9.19. The van der Waals surface area contributed by atoms with E-state index in [9.17, 15) is 0 Å². The lowest BCUT2D eigenvalue weighted by Crippen LogP contribution is -2.52. The molecule has 0 amide bonds. The number of ether oxygens (including phenoxy) is 1. The number of aryl methyl sites for hydroxylation is 1. The lowest BCUT2D eigenvalue weighted by atomic mass is 10.0. The summed E-state index contributed by atoms with van der Waals surface area (Å²) in [5.41, 5.74) is 2.16. The number of rotatable bonds is 6. The van der Waals surface area contributed by atoms with Crippen LogP contribution in [0.25, 0.3) is 11.0 Å². The summed E-state index contributed by atoms with van der Waals surface area (Å²) in [5, 5.41) is 6.89. The Bertz CT molecular complexity index is 763. The molecule has 1 aliphatic heterocycles. The van der Waals surface area contributed by atoms with Crippen molar-refractivity contribution in [2.45, 2.75) is 26.4 Å². The number of nitrogens with one attached hydrogen (secondary N) is 2. The van der Waals surface area contributed by atoms with Crippen LogP contribution in [0.4, 0.5) is 0 Å². The first-order valence-corrected chi connectivity index (χ1v) is 9.76. The van der Waals surface area contributed by atoms with Gasteiger partial charge in [0, 0.05) is 39.8 Å². The van der Waals surface area contributed by atoms with Gasteiger partial charge in [-0.25, -0.2) is 4.98 Å². The minimum Gasteiger partial charge on any atom is -0.379 e. The molecule has 1 saturated heterocycles. The summed E-state index contributed by atoms with van der Waals surface area (Å²) in [6.07, 6.45) is 0. The quantitative estimate of drug-likeness (QED) is 0.596. The first kappa shape index (κ1) is 19.6. The number of aliphatic imine (C=N–C) groups is 1. The lowest BCUT2D eigenvalue weighted by molar-refractivity contribution is 0.00752. The summed E-state index contributed by atoms with van der Waals surface area (Å²) in [6.45, 7) is 9.68. The van der Waals surface area contributed by atoms with E-state index >= 15 is 0 Å². The third kappa shape index (κ3) is 4.78. The van der Waals surface area contributed by atoms with Gasteiger partial charge >= 0.3 is 0 Å². The molecule has 1 aromatic carbocycles. The SMILES string of the molecule is CN=C(NCc1nc2ccccc2n1C)NCC(C(C)C)N1CCOCC1. The minimum atomic E-state index is 0.461. The van der Waals surface area contributed by atoms with Crippen LogP contribution in [-0.2, 0) is 18.3 Å². The molecule has 2 aromatic rings. The number of fused-ring (bicyclic) bond motifs is 1. The number of aromatic nitrogens is 2. The van der Waals surface area contributed by atoms with E-state index in [0.717, 1.165) is 55.7 Å². The molecule has 3 rings (SSSR count). The normalized spacial score (nSPS) is 17.4. The molecule has 2 N–H and O–H groups in total. The highest BCUT2D eigenvalue weighted by atomic mass is 16.5. The van der Waals surface area contributed by atoms with E-state index in [0.29, 0.717) is 18.5 Å². The standard InChI is InChI=1S/C20H32N6O/c1-15(2)18(26-9-11-27-12-10-26)13-22-20(21-3)23-14-19-24-16-7-5-6-8-17(16)25(19)4/h5-8,15,18H,9-14H2,1-4H3,(H2,21,22,23). The van der Waals surface area contributed by atoms with E-state index in [1.54, 1.807) is 0 Å². The molecule has 7 heteroatoms. The molecule has 1 fully saturated rings. The Balaban J connectivity index is 1.57. The molecule has 148 valence electrons. The molecule has 2 heterocycles. The van der Waals surface area contributed by atoms with Crippen LogP contribution in [0, 0.1) is 5.92 Å². The highest BCUT2D eigenvalue weighted by Gasteiger charge is 2.23. The number of benzene rings is 1. The smallest absolute Gasteiger partial charge is 0.191 e. The van der Waals surface area contributed by atoms with E-state index in [-0.39, 0.29) is 0 Å². The summed E-state index contributed by atoms with van der Waals surface area (Å²) in [5.74, 6) is 2.36. The Morgan fingerprint density at radius 2 is 1.96 bits per heavy atom. The van der Waals surface area contributed by atoms with Crippen LogP contribution in [0.15, 0.2) is 29.3 Å². The number of nitrogens with zero attached hydrogens (tertiary/aromatic N) is 4. The van der Waals surface area contributed by atoms with Crippen molar-refractivity contribution in [1.82, 2.24) is 25.1 Å². The summed E-state index contributed by atoms with van der Waals surface area (Å²) < 4.78 is 7.62. The van der Waals surface area contributed by atoms with Crippen molar-refractivity contribution in [3.63, 3.8) is 0 Å². The predicted molar refractivity (Wildman–Crippen MR) is 110 cm³/mol. The molecule has 1 unspecified atom stereocenters. The van der Waals surface area contributed by atoms with Gasteiger partial charge in [0.25, 0.3) is 0 Å². The van der Waals surface area contributed by atoms with Gasteiger partial charge in [0.05, 0.1) is 30.8 Å². The van der Waals surface area contributed by atoms with Gasteiger partial charge in [-0.1, -0.05) is 26.0 Å². The van der Waals surface area contributed by atoms with Crippen LogP contribution in [0.2, 0.25) is 0 Å². The second-order valence-corrected chi connectivity index (χ2v) is 7.34. The zero-order valence-corrected chi connectivity index (χ0v) is 16.9. The van der Waals surface area contributed by atoms with Crippen molar-refractivity contribution in [3.05, 3.63) is 30.1 Å². The molecule has 1 atom stereocenters. The van der Waals surface area contributed by atoms with Gasteiger partial charge in [0.1, 0.15) is 5.82 Å². The molecule has 0 spiro atoms. The van der Waals surface area contributed by atoms with Crippen molar-refractivity contribution >= 4 is 17.0 Å². The highest BCUT2D eigenvalue weighted by Crippen LogP contribution is 2.14. The zero-order valence-electron chi connectivity index (χ0n) is 16.9. The second-order valence-electron chi connectivity index (χ2n) is 7.34. The highest BCUT2D eigenvalue weighted by molar-refractivity contribution is 5.80. The van der Waals surface area contributed by atoms with Crippen LogP contribution in [0.1, 0.15) is 19.7 Å². The molecular formula is C20H32N6O. The number of para-hydroxylation sites is 2. The summed E-state index contributed by atoms with van der Waals surface area (Å²) >= 11 is 0. The summed E-state index contributed by atoms with van der Waals surface area (Å²) in [7, 11) is 3.86. The number of hydrogen-bond acceptors (Lipinski definition) is 4. The minimum absolute atomic E-state index is 0.461. The van der Waals surface area contributed by atoms with E-state index in [4.69, 9.17) is 9.72 Å². The van der Waals surface area contributed by atoms with Gasteiger partial charge in [-0.05, 0) is 18.1 Å². The average Bonchev–Trinajstić information content (AvgIpc) is 3.01. The fourth-order valence-corrected chi connectivity index (χ4v) is 3.63.